The van der Waals surface area contributed by atoms with Crippen LogP contribution in [-0.2, 0) is 6.42 Å². The molecule has 96 valence electrons. The third-order valence-corrected chi connectivity index (χ3v) is 3.63. The van der Waals surface area contributed by atoms with Gasteiger partial charge in [0, 0.05) is 10.6 Å². The van der Waals surface area contributed by atoms with Crippen molar-refractivity contribution in [3.05, 3.63) is 64.7 Å². The molecule has 2 nitrogen and oxygen atoms in total. The number of rotatable bonds is 2. The predicted molar refractivity (Wildman–Crippen MR) is 74.9 cm³/mol. The van der Waals surface area contributed by atoms with E-state index >= 15 is 0 Å². The van der Waals surface area contributed by atoms with Gasteiger partial charge in [0.15, 0.2) is 5.78 Å². The predicted octanol–water partition coefficient (Wildman–Crippen LogP) is 3.77. The molecule has 1 aliphatic rings. The summed E-state index contributed by atoms with van der Waals surface area (Å²) in [4.78, 5) is 12.4. The second kappa shape index (κ2) is 5.06. The lowest BCUT2D eigenvalue weighted by Crippen LogP contribution is -2.28. The van der Waals surface area contributed by atoms with Gasteiger partial charge in [0.05, 0.1) is 12.5 Å². The van der Waals surface area contributed by atoms with Crippen molar-refractivity contribution in [1.29, 1.82) is 0 Å². The van der Waals surface area contributed by atoms with Crippen molar-refractivity contribution in [2.75, 3.05) is 6.61 Å². The lowest BCUT2D eigenvalue weighted by atomic mass is 9.90. The molecular weight excluding hydrogens is 260 g/mol. The molecule has 0 bridgehead atoms. The molecule has 1 heterocycles. The highest BCUT2D eigenvalue weighted by Gasteiger charge is 2.26. The highest BCUT2D eigenvalue weighted by Crippen LogP contribution is 2.28. The molecule has 2 aromatic rings. The summed E-state index contributed by atoms with van der Waals surface area (Å²) in [5.74, 6) is 0.893. The lowest BCUT2D eigenvalue weighted by Gasteiger charge is -2.24. The van der Waals surface area contributed by atoms with Gasteiger partial charge in [0.1, 0.15) is 5.75 Å². The molecule has 0 fully saturated rings. The highest BCUT2D eigenvalue weighted by molar-refractivity contribution is 6.30. The van der Waals surface area contributed by atoms with Crippen LogP contribution in [-0.4, -0.2) is 12.4 Å². The summed E-state index contributed by atoms with van der Waals surface area (Å²) >= 11 is 5.83. The normalized spacial score (nSPS) is 17.4. The number of benzene rings is 2. The van der Waals surface area contributed by atoms with Gasteiger partial charge in [-0.25, -0.2) is 0 Å². The first-order valence-corrected chi connectivity index (χ1v) is 6.62. The van der Waals surface area contributed by atoms with Gasteiger partial charge >= 0.3 is 0 Å². The monoisotopic (exact) mass is 272 g/mol. The number of Topliss-reactive ketones (excluding diaryl/α,β-unsaturated/α-hetero) is 1. The van der Waals surface area contributed by atoms with Crippen LogP contribution in [0.3, 0.4) is 0 Å². The first kappa shape index (κ1) is 12.2. The van der Waals surface area contributed by atoms with Crippen molar-refractivity contribution in [2.24, 2.45) is 5.92 Å². The molecule has 1 aliphatic heterocycles. The van der Waals surface area contributed by atoms with E-state index in [-0.39, 0.29) is 11.7 Å². The number of fused-ring (bicyclic) bond motifs is 1. The smallest absolute Gasteiger partial charge is 0.169 e. The molecule has 3 heteroatoms. The number of halogens is 1. The number of ketones is 1. The molecule has 19 heavy (non-hydrogen) atoms. The van der Waals surface area contributed by atoms with Crippen LogP contribution in [0.5, 0.6) is 5.75 Å². The second-order valence-corrected chi connectivity index (χ2v) is 5.13. The van der Waals surface area contributed by atoms with E-state index in [0.29, 0.717) is 17.2 Å². The molecular formula is C16H13ClO2. The SMILES string of the molecule is O=C(c1ccc(Cl)cc1)C1COc2ccccc2C1. The molecule has 1 unspecified atom stereocenters. The van der Waals surface area contributed by atoms with Crippen molar-refractivity contribution in [3.63, 3.8) is 0 Å². The maximum absolute atomic E-state index is 12.4. The van der Waals surface area contributed by atoms with Crippen LogP contribution >= 0.6 is 11.6 Å². The fourth-order valence-corrected chi connectivity index (χ4v) is 2.47. The Balaban J connectivity index is 1.81. The average Bonchev–Trinajstić information content (AvgIpc) is 2.47. The number of hydrogen-bond donors (Lipinski definition) is 0. The molecule has 0 amide bonds. The van der Waals surface area contributed by atoms with E-state index in [1.807, 2.05) is 24.3 Å². The van der Waals surface area contributed by atoms with Crippen molar-refractivity contribution >= 4 is 17.4 Å². The summed E-state index contributed by atoms with van der Waals surface area (Å²) in [7, 11) is 0. The van der Waals surface area contributed by atoms with Gasteiger partial charge in [-0.15, -0.1) is 0 Å². The molecule has 0 saturated heterocycles. The molecule has 0 aliphatic carbocycles. The number of carbonyl (C=O) groups is 1. The number of para-hydroxylation sites is 1. The largest absolute Gasteiger partial charge is 0.493 e. The van der Waals surface area contributed by atoms with Crippen molar-refractivity contribution < 1.29 is 9.53 Å². The Morgan fingerprint density at radius 2 is 1.84 bits per heavy atom. The molecule has 3 rings (SSSR count). The van der Waals surface area contributed by atoms with E-state index in [4.69, 9.17) is 16.3 Å². The third kappa shape index (κ3) is 2.49. The highest BCUT2D eigenvalue weighted by atomic mass is 35.5. The Labute approximate surface area is 117 Å². The number of carbonyl (C=O) groups excluding carboxylic acids is 1. The van der Waals surface area contributed by atoms with Crippen LogP contribution in [0.2, 0.25) is 5.02 Å². The van der Waals surface area contributed by atoms with E-state index in [9.17, 15) is 4.79 Å². The Hall–Kier alpha value is -1.80. The summed E-state index contributed by atoms with van der Waals surface area (Å²) in [5.41, 5.74) is 1.79. The van der Waals surface area contributed by atoms with Crippen molar-refractivity contribution in [1.82, 2.24) is 0 Å². The average molecular weight is 273 g/mol. The first-order chi connectivity index (χ1) is 9.24. The van der Waals surface area contributed by atoms with Crippen molar-refractivity contribution in [2.45, 2.75) is 6.42 Å². The summed E-state index contributed by atoms with van der Waals surface area (Å²) in [6.45, 7) is 0.443. The zero-order chi connectivity index (χ0) is 13.2. The maximum atomic E-state index is 12.4. The topological polar surface area (TPSA) is 26.3 Å². The molecule has 1 atom stereocenters. The molecule has 0 spiro atoms. The summed E-state index contributed by atoms with van der Waals surface area (Å²) in [6, 6.07) is 14.9. The van der Waals surface area contributed by atoms with Gasteiger partial charge in [-0.3, -0.25) is 4.79 Å². The minimum Gasteiger partial charge on any atom is -0.493 e. The molecule has 0 aromatic heterocycles. The van der Waals surface area contributed by atoms with E-state index in [1.165, 1.54) is 0 Å². The van der Waals surface area contributed by atoms with E-state index in [2.05, 4.69) is 0 Å². The first-order valence-electron chi connectivity index (χ1n) is 6.24. The second-order valence-electron chi connectivity index (χ2n) is 4.69. The van der Waals surface area contributed by atoms with Gasteiger partial charge in [0.2, 0.25) is 0 Å². The summed E-state index contributed by atoms with van der Waals surface area (Å²) < 4.78 is 5.66. The van der Waals surface area contributed by atoms with Crippen LogP contribution in [0.1, 0.15) is 15.9 Å². The zero-order valence-corrected chi connectivity index (χ0v) is 11.1. The van der Waals surface area contributed by atoms with Crippen LogP contribution in [0.15, 0.2) is 48.5 Å². The molecule has 0 N–H and O–H groups in total. The Kier molecular flexibility index (Phi) is 3.26. The van der Waals surface area contributed by atoms with Crippen LogP contribution in [0.25, 0.3) is 0 Å². The van der Waals surface area contributed by atoms with Crippen LogP contribution in [0.4, 0.5) is 0 Å². The Bertz CT molecular complexity index is 604. The standard InChI is InChI=1S/C16H13ClO2/c17-14-7-5-11(6-8-14)16(18)13-9-12-3-1-2-4-15(12)19-10-13/h1-8,13H,9-10H2. The van der Waals surface area contributed by atoms with Gasteiger partial charge < -0.3 is 4.74 Å². The molecule has 2 aromatic carbocycles. The van der Waals surface area contributed by atoms with E-state index < -0.39 is 0 Å². The number of ether oxygens (including phenoxy) is 1. The Morgan fingerprint density at radius 1 is 1.11 bits per heavy atom. The maximum Gasteiger partial charge on any atom is 0.169 e. The van der Waals surface area contributed by atoms with Crippen molar-refractivity contribution in [3.8, 4) is 5.75 Å². The summed E-state index contributed by atoms with van der Waals surface area (Å²) in [5, 5.41) is 0.641. The summed E-state index contributed by atoms with van der Waals surface area (Å²) in [6.07, 6.45) is 0.734. The lowest BCUT2D eigenvalue weighted by molar-refractivity contribution is 0.0855. The zero-order valence-electron chi connectivity index (χ0n) is 10.3. The van der Waals surface area contributed by atoms with Crippen LogP contribution < -0.4 is 4.74 Å². The fourth-order valence-electron chi connectivity index (χ4n) is 2.35. The molecule has 0 saturated carbocycles. The van der Waals surface area contributed by atoms with E-state index in [0.717, 1.165) is 17.7 Å². The number of hydrogen-bond acceptors (Lipinski definition) is 2. The van der Waals surface area contributed by atoms with E-state index in [1.54, 1.807) is 24.3 Å². The van der Waals surface area contributed by atoms with Gasteiger partial charge in [-0.2, -0.15) is 0 Å². The van der Waals surface area contributed by atoms with Gasteiger partial charge in [-0.1, -0.05) is 29.8 Å². The Morgan fingerprint density at radius 3 is 2.63 bits per heavy atom. The van der Waals surface area contributed by atoms with Gasteiger partial charge in [-0.05, 0) is 42.3 Å². The van der Waals surface area contributed by atoms with Gasteiger partial charge in [0.25, 0.3) is 0 Å². The fraction of sp³-hybridized carbons (Fsp3) is 0.188. The molecule has 0 radical (unpaired) electrons. The minimum absolute atomic E-state index is 0.115. The third-order valence-electron chi connectivity index (χ3n) is 3.38. The van der Waals surface area contributed by atoms with Crippen LogP contribution in [0, 0.1) is 5.92 Å². The minimum atomic E-state index is -0.115. The quantitative estimate of drug-likeness (QED) is 0.778.